The molecule has 2 atom stereocenters. The molecule has 1 amide bonds. The lowest BCUT2D eigenvalue weighted by Crippen LogP contribution is -2.43. The zero-order chi connectivity index (χ0) is 28.1. The number of thioether (sulfide) groups is 1. The Morgan fingerprint density at radius 2 is 1.77 bits per heavy atom. The number of nitrogens with one attached hydrogen (secondary N) is 3. The van der Waals surface area contributed by atoms with Gasteiger partial charge in [0, 0.05) is 48.8 Å². The Balaban J connectivity index is 1.15. The second-order valence-corrected chi connectivity index (χ2v) is 10.9. The third kappa shape index (κ3) is 7.05. The van der Waals surface area contributed by atoms with Crippen molar-refractivity contribution in [1.82, 2.24) is 5.32 Å². The predicted octanol–water partition coefficient (Wildman–Crippen LogP) is 6.35. The SMILES string of the molecule is CC1N=C(Nc2cccc(N3CCNCC3)c2)SC1/C=C/c1ccc(NC(=O)c2cccc(C(F)(F)F)c2)cc1. The third-order valence-corrected chi connectivity index (χ3v) is 7.98. The summed E-state index contributed by atoms with van der Waals surface area (Å²) in [6.07, 6.45) is -0.381. The minimum absolute atomic E-state index is 0.0500. The summed E-state index contributed by atoms with van der Waals surface area (Å²) < 4.78 is 38.9. The van der Waals surface area contributed by atoms with E-state index in [-0.39, 0.29) is 16.9 Å². The van der Waals surface area contributed by atoms with Crippen molar-refractivity contribution in [3.05, 3.63) is 95.6 Å². The highest BCUT2D eigenvalue weighted by Gasteiger charge is 2.31. The Hall–Kier alpha value is -3.76. The number of aliphatic imine (C=N–C) groups is 1. The number of nitrogens with zero attached hydrogens (tertiary/aromatic N) is 2. The highest BCUT2D eigenvalue weighted by Crippen LogP contribution is 2.31. The van der Waals surface area contributed by atoms with Crippen LogP contribution in [0.5, 0.6) is 0 Å². The average molecular weight is 566 g/mol. The number of amidine groups is 1. The second-order valence-electron chi connectivity index (χ2n) is 9.68. The maximum Gasteiger partial charge on any atom is 0.416 e. The molecule has 1 fully saturated rings. The minimum atomic E-state index is -4.50. The largest absolute Gasteiger partial charge is 0.416 e. The topological polar surface area (TPSA) is 68.8 Å². The Kier molecular flexibility index (Phi) is 8.46. The van der Waals surface area contributed by atoms with Gasteiger partial charge < -0.3 is 20.9 Å². The Morgan fingerprint density at radius 1 is 1.02 bits per heavy atom. The first-order valence-corrected chi connectivity index (χ1v) is 14.0. The van der Waals surface area contributed by atoms with Gasteiger partial charge in [0.1, 0.15) is 0 Å². The molecule has 5 rings (SSSR count). The van der Waals surface area contributed by atoms with Crippen molar-refractivity contribution in [2.75, 3.05) is 41.7 Å². The van der Waals surface area contributed by atoms with Crippen molar-refractivity contribution in [3.8, 4) is 0 Å². The van der Waals surface area contributed by atoms with Crippen molar-refractivity contribution < 1.29 is 18.0 Å². The molecule has 0 spiro atoms. The first-order valence-electron chi connectivity index (χ1n) is 13.1. The van der Waals surface area contributed by atoms with E-state index >= 15 is 0 Å². The number of carbonyl (C=O) groups excluding carboxylic acids is 1. The molecule has 2 aliphatic heterocycles. The fourth-order valence-corrected chi connectivity index (χ4v) is 5.61. The predicted molar refractivity (Wildman–Crippen MR) is 158 cm³/mol. The van der Waals surface area contributed by atoms with Crippen LogP contribution in [-0.2, 0) is 6.18 Å². The third-order valence-electron chi connectivity index (χ3n) is 6.72. The van der Waals surface area contributed by atoms with E-state index in [0.717, 1.165) is 54.7 Å². The van der Waals surface area contributed by atoms with E-state index in [0.29, 0.717) is 5.69 Å². The van der Waals surface area contributed by atoms with Gasteiger partial charge in [0.25, 0.3) is 5.91 Å². The van der Waals surface area contributed by atoms with Crippen LogP contribution < -0.4 is 20.9 Å². The van der Waals surface area contributed by atoms with Crippen LogP contribution in [-0.4, -0.2) is 48.5 Å². The second kappa shape index (κ2) is 12.2. The van der Waals surface area contributed by atoms with E-state index in [1.807, 2.05) is 18.2 Å². The number of benzene rings is 3. The first-order chi connectivity index (χ1) is 19.2. The molecule has 3 aromatic carbocycles. The van der Waals surface area contributed by atoms with E-state index in [4.69, 9.17) is 4.99 Å². The molecule has 40 heavy (non-hydrogen) atoms. The summed E-state index contributed by atoms with van der Waals surface area (Å²) in [5.41, 5.74) is 2.75. The van der Waals surface area contributed by atoms with Crippen LogP contribution >= 0.6 is 11.8 Å². The molecule has 208 valence electrons. The molecule has 0 radical (unpaired) electrons. The van der Waals surface area contributed by atoms with Gasteiger partial charge in [0.05, 0.1) is 16.9 Å². The number of halogens is 3. The molecule has 2 heterocycles. The summed E-state index contributed by atoms with van der Waals surface area (Å²) in [7, 11) is 0. The van der Waals surface area contributed by atoms with Gasteiger partial charge in [0.15, 0.2) is 5.17 Å². The van der Waals surface area contributed by atoms with Gasteiger partial charge in [-0.2, -0.15) is 13.2 Å². The Bertz CT molecular complexity index is 1400. The monoisotopic (exact) mass is 565 g/mol. The van der Waals surface area contributed by atoms with Gasteiger partial charge in [0.2, 0.25) is 0 Å². The highest BCUT2D eigenvalue weighted by molar-refractivity contribution is 8.15. The van der Waals surface area contributed by atoms with E-state index in [1.54, 1.807) is 23.9 Å². The van der Waals surface area contributed by atoms with Gasteiger partial charge in [-0.1, -0.05) is 48.2 Å². The number of carbonyl (C=O) groups is 1. The van der Waals surface area contributed by atoms with Gasteiger partial charge in [-0.25, -0.2) is 0 Å². The Labute approximate surface area is 235 Å². The van der Waals surface area contributed by atoms with Gasteiger partial charge in [-0.05, 0) is 61.0 Å². The smallest absolute Gasteiger partial charge is 0.369 e. The van der Waals surface area contributed by atoms with Crippen LogP contribution in [0.25, 0.3) is 6.08 Å². The van der Waals surface area contributed by atoms with Crippen LogP contribution in [0.4, 0.5) is 30.2 Å². The van der Waals surface area contributed by atoms with Gasteiger partial charge >= 0.3 is 6.18 Å². The number of rotatable bonds is 6. The molecule has 0 aromatic heterocycles. The summed E-state index contributed by atoms with van der Waals surface area (Å²) in [5, 5.41) is 10.5. The minimum Gasteiger partial charge on any atom is -0.369 e. The summed E-state index contributed by atoms with van der Waals surface area (Å²) in [6.45, 7) is 6.05. The van der Waals surface area contributed by atoms with Crippen molar-refractivity contribution >= 4 is 46.0 Å². The summed E-state index contributed by atoms with van der Waals surface area (Å²) in [5.74, 6) is -0.596. The average Bonchev–Trinajstić information content (AvgIpc) is 3.31. The molecule has 0 bridgehead atoms. The van der Waals surface area contributed by atoms with E-state index in [1.165, 1.54) is 17.8 Å². The summed E-state index contributed by atoms with van der Waals surface area (Å²) >= 11 is 1.68. The quantitative estimate of drug-likeness (QED) is 0.325. The maximum atomic E-state index is 13.0. The van der Waals surface area contributed by atoms with Crippen LogP contribution in [0.15, 0.2) is 83.9 Å². The standard InChI is InChI=1S/C30H30F3N5OS/c1-20-27(40-29(35-20)37-25-6-3-7-26(19-25)38-16-14-34-15-17-38)13-10-21-8-11-24(12-9-21)36-28(39)22-4-2-5-23(18-22)30(31,32)33/h2-13,18-20,27,34H,14-17H2,1H3,(H,35,37)(H,36,39)/b13-10+. The van der Waals surface area contributed by atoms with E-state index in [2.05, 4.69) is 58.1 Å². The summed E-state index contributed by atoms with van der Waals surface area (Å²) in [6, 6.07) is 20.0. The zero-order valence-electron chi connectivity index (χ0n) is 21.9. The lowest BCUT2D eigenvalue weighted by atomic mass is 10.1. The van der Waals surface area contributed by atoms with Crippen molar-refractivity contribution in [1.29, 1.82) is 0 Å². The van der Waals surface area contributed by atoms with Gasteiger partial charge in [-0.15, -0.1) is 0 Å². The molecular weight excluding hydrogens is 535 g/mol. The normalized spacial score (nSPS) is 19.5. The number of amides is 1. The number of hydrogen-bond donors (Lipinski definition) is 3. The molecule has 3 aromatic rings. The van der Waals surface area contributed by atoms with E-state index in [9.17, 15) is 18.0 Å². The number of hydrogen-bond acceptors (Lipinski definition) is 6. The van der Waals surface area contributed by atoms with Crippen LogP contribution in [0.2, 0.25) is 0 Å². The highest BCUT2D eigenvalue weighted by atomic mass is 32.2. The van der Waals surface area contributed by atoms with Crippen LogP contribution in [0.3, 0.4) is 0 Å². The molecule has 1 saturated heterocycles. The fourth-order valence-electron chi connectivity index (χ4n) is 4.53. The molecule has 2 unspecified atom stereocenters. The molecule has 6 nitrogen and oxygen atoms in total. The zero-order valence-corrected chi connectivity index (χ0v) is 22.7. The fraction of sp³-hybridized carbons (Fsp3) is 0.267. The lowest BCUT2D eigenvalue weighted by molar-refractivity contribution is -0.137. The lowest BCUT2D eigenvalue weighted by Gasteiger charge is -2.29. The molecular formula is C30H30F3N5OS. The summed E-state index contributed by atoms with van der Waals surface area (Å²) in [4.78, 5) is 19.6. The maximum absolute atomic E-state index is 13.0. The number of anilines is 3. The van der Waals surface area contributed by atoms with Crippen molar-refractivity contribution in [2.45, 2.75) is 24.4 Å². The van der Waals surface area contributed by atoms with Crippen LogP contribution in [0, 0.1) is 0 Å². The molecule has 3 N–H and O–H groups in total. The molecule has 2 aliphatic rings. The number of piperazine rings is 1. The number of alkyl halides is 3. The molecule has 0 aliphatic carbocycles. The van der Waals surface area contributed by atoms with Crippen molar-refractivity contribution in [2.24, 2.45) is 4.99 Å². The van der Waals surface area contributed by atoms with Crippen molar-refractivity contribution in [3.63, 3.8) is 0 Å². The molecule has 0 saturated carbocycles. The Morgan fingerprint density at radius 3 is 2.52 bits per heavy atom. The van der Waals surface area contributed by atoms with Gasteiger partial charge in [-0.3, -0.25) is 9.79 Å². The van der Waals surface area contributed by atoms with E-state index < -0.39 is 17.6 Å². The first kappa shape index (κ1) is 27.8. The molecule has 10 heteroatoms. The van der Waals surface area contributed by atoms with Crippen LogP contribution in [0.1, 0.15) is 28.4 Å².